The fraction of sp³-hybridized carbons (Fsp3) is 0.250. The molecule has 1 nitrogen and oxygen atoms in total. The van der Waals surface area contributed by atoms with E-state index in [-0.39, 0.29) is 18.9 Å². The van der Waals surface area contributed by atoms with Crippen molar-refractivity contribution >= 4 is 15.9 Å². The Morgan fingerprint density at radius 2 is 2.27 bits per heavy atom. The molecule has 0 saturated heterocycles. The van der Waals surface area contributed by atoms with E-state index in [1.165, 1.54) is 6.08 Å². The molecule has 0 heterocycles. The number of hydrogen-bond acceptors (Lipinski definition) is 1. The first-order valence-electron chi connectivity index (χ1n) is 3.16. The van der Waals surface area contributed by atoms with Crippen molar-refractivity contribution in [3.8, 4) is 0 Å². The Morgan fingerprint density at radius 3 is 2.73 bits per heavy atom. The summed E-state index contributed by atoms with van der Waals surface area (Å²) in [7, 11) is 0. The Bertz CT molecular complexity index is 185. The van der Waals surface area contributed by atoms with Gasteiger partial charge in [-0.25, -0.2) is 4.39 Å². The van der Waals surface area contributed by atoms with Gasteiger partial charge in [-0.1, -0.05) is 28.6 Å². The highest BCUT2D eigenvalue weighted by Crippen LogP contribution is 2.12. The van der Waals surface area contributed by atoms with Crippen LogP contribution in [0.2, 0.25) is 0 Å². The van der Waals surface area contributed by atoms with Crippen LogP contribution in [0.15, 0.2) is 35.1 Å². The van der Waals surface area contributed by atoms with Gasteiger partial charge >= 0.3 is 0 Å². The van der Waals surface area contributed by atoms with E-state index < -0.39 is 0 Å². The van der Waals surface area contributed by atoms with Crippen LogP contribution < -0.4 is 0 Å². The summed E-state index contributed by atoms with van der Waals surface area (Å²) < 4.78 is 13.2. The third-order valence-corrected chi connectivity index (χ3v) is 1.42. The summed E-state index contributed by atoms with van der Waals surface area (Å²) in [5.74, 6) is -0.350. The van der Waals surface area contributed by atoms with Crippen molar-refractivity contribution in [1.29, 1.82) is 0 Å². The standard InChI is InChI=1S/C8H10BrFO/c1-2-3-7(9)6-8(10)4-5-11/h2-3,6,11H,1,4-5H2/b7-3+,8-6+. The molecule has 1 N–H and O–H groups in total. The molecule has 11 heavy (non-hydrogen) atoms. The van der Waals surface area contributed by atoms with Gasteiger partial charge in [0.2, 0.25) is 0 Å². The minimum absolute atomic E-state index is 0.0556. The van der Waals surface area contributed by atoms with Gasteiger partial charge in [0.25, 0.3) is 0 Å². The van der Waals surface area contributed by atoms with Crippen molar-refractivity contribution in [3.05, 3.63) is 35.1 Å². The second-order valence-corrected chi connectivity index (χ2v) is 2.77. The predicted octanol–water partition coefficient (Wildman–Crippen LogP) is 2.69. The zero-order chi connectivity index (χ0) is 8.69. The molecule has 0 atom stereocenters. The Labute approximate surface area is 74.1 Å². The molecule has 0 aromatic carbocycles. The molecule has 0 aliphatic rings. The maximum Gasteiger partial charge on any atom is 0.103 e. The van der Waals surface area contributed by atoms with E-state index in [1.807, 2.05) is 0 Å². The summed E-state index contributed by atoms with van der Waals surface area (Å²) in [6, 6.07) is 0. The lowest BCUT2D eigenvalue weighted by Gasteiger charge is -1.91. The average molecular weight is 221 g/mol. The minimum atomic E-state index is -0.350. The molecule has 0 rings (SSSR count). The van der Waals surface area contributed by atoms with Crippen LogP contribution >= 0.6 is 15.9 Å². The molecule has 0 spiro atoms. The number of rotatable bonds is 4. The minimum Gasteiger partial charge on any atom is -0.396 e. The fourth-order valence-electron chi connectivity index (χ4n) is 0.489. The van der Waals surface area contributed by atoms with Crippen LogP contribution in [0.1, 0.15) is 6.42 Å². The first-order chi connectivity index (χ1) is 5.20. The number of aliphatic hydroxyl groups is 1. The van der Waals surface area contributed by atoms with Gasteiger partial charge in [0.05, 0.1) is 0 Å². The van der Waals surface area contributed by atoms with Gasteiger partial charge in [0.1, 0.15) is 5.83 Å². The molecule has 0 saturated carbocycles. The summed E-state index contributed by atoms with van der Waals surface area (Å²) in [6.45, 7) is 3.28. The molecule has 0 aliphatic heterocycles. The molecule has 0 aliphatic carbocycles. The highest BCUT2D eigenvalue weighted by Gasteiger charge is 1.93. The molecule has 0 radical (unpaired) electrons. The lowest BCUT2D eigenvalue weighted by Crippen LogP contribution is -1.81. The zero-order valence-electron chi connectivity index (χ0n) is 6.06. The molecule has 62 valence electrons. The number of allylic oxidation sites excluding steroid dienone is 4. The predicted molar refractivity (Wildman–Crippen MR) is 48.1 cm³/mol. The van der Waals surface area contributed by atoms with Gasteiger partial charge in [0.15, 0.2) is 0 Å². The molecular weight excluding hydrogens is 211 g/mol. The van der Waals surface area contributed by atoms with Crippen LogP contribution in [0.25, 0.3) is 0 Å². The topological polar surface area (TPSA) is 20.2 Å². The first kappa shape index (κ1) is 10.6. The molecule has 3 heteroatoms. The van der Waals surface area contributed by atoms with Crippen molar-refractivity contribution in [2.75, 3.05) is 6.61 Å². The molecule has 0 aromatic rings. The maximum absolute atomic E-state index is 12.6. The van der Waals surface area contributed by atoms with Crippen molar-refractivity contribution < 1.29 is 9.50 Å². The van der Waals surface area contributed by atoms with Gasteiger partial charge in [-0.15, -0.1) is 0 Å². The average Bonchev–Trinajstić information content (AvgIpc) is 1.87. The van der Waals surface area contributed by atoms with Crippen LogP contribution in [0, 0.1) is 0 Å². The lowest BCUT2D eigenvalue weighted by molar-refractivity contribution is 0.289. The largest absolute Gasteiger partial charge is 0.396 e. The summed E-state index contributed by atoms with van der Waals surface area (Å²) >= 11 is 3.10. The van der Waals surface area contributed by atoms with E-state index in [1.54, 1.807) is 12.2 Å². The fourth-order valence-corrected chi connectivity index (χ4v) is 0.925. The van der Waals surface area contributed by atoms with Gasteiger partial charge in [-0.2, -0.15) is 0 Å². The number of aliphatic hydroxyl groups excluding tert-OH is 1. The van der Waals surface area contributed by atoms with Crippen molar-refractivity contribution in [1.82, 2.24) is 0 Å². The summed E-state index contributed by atoms with van der Waals surface area (Å²) in [5.41, 5.74) is 0. The Balaban J connectivity index is 4.06. The molecule has 0 unspecified atom stereocenters. The second kappa shape index (κ2) is 6.31. The van der Waals surface area contributed by atoms with E-state index in [0.29, 0.717) is 4.48 Å². The monoisotopic (exact) mass is 220 g/mol. The summed E-state index contributed by atoms with van der Waals surface area (Å²) in [6.07, 6.45) is 4.53. The molecule has 0 amide bonds. The molecule has 0 bridgehead atoms. The Morgan fingerprint density at radius 1 is 1.64 bits per heavy atom. The van der Waals surface area contributed by atoms with Gasteiger partial charge in [-0.05, 0) is 12.2 Å². The van der Waals surface area contributed by atoms with Gasteiger partial charge < -0.3 is 5.11 Å². The lowest BCUT2D eigenvalue weighted by atomic mass is 10.3. The van der Waals surface area contributed by atoms with Crippen molar-refractivity contribution in [2.45, 2.75) is 6.42 Å². The number of halogens is 2. The third kappa shape index (κ3) is 6.01. The highest BCUT2D eigenvalue weighted by molar-refractivity contribution is 9.11. The molecule has 0 aromatic heterocycles. The number of hydrogen-bond donors (Lipinski definition) is 1. The van der Waals surface area contributed by atoms with Crippen molar-refractivity contribution in [3.63, 3.8) is 0 Å². The first-order valence-corrected chi connectivity index (χ1v) is 3.95. The van der Waals surface area contributed by atoms with E-state index in [2.05, 4.69) is 22.5 Å². The summed E-state index contributed by atoms with van der Waals surface area (Å²) in [4.78, 5) is 0. The van der Waals surface area contributed by atoms with Crippen LogP contribution in [0.5, 0.6) is 0 Å². The molecular formula is C8H10BrFO. The summed E-state index contributed by atoms with van der Waals surface area (Å²) in [5, 5.41) is 8.34. The van der Waals surface area contributed by atoms with E-state index in [4.69, 9.17) is 5.11 Å². The molecule has 0 fully saturated rings. The third-order valence-electron chi connectivity index (χ3n) is 0.922. The van der Waals surface area contributed by atoms with Crippen LogP contribution in [0.4, 0.5) is 4.39 Å². The Hall–Kier alpha value is -0.410. The van der Waals surface area contributed by atoms with E-state index in [0.717, 1.165) is 0 Å². The van der Waals surface area contributed by atoms with Crippen LogP contribution in [-0.4, -0.2) is 11.7 Å². The zero-order valence-corrected chi connectivity index (χ0v) is 7.64. The quantitative estimate of drug-likeness (QED) is 0.723. The SMILES string of the molecule is C=C/C=C(Br)\C=C(\F)CCO. The smallest absolute Gasteiger partial charge is 0.103 e. The van der Waals surface area contributed by atoms with Gasteiger partial charge in [-0.3, -0.25) is 0 Å². The van der Waals surface area contributed by atoms with Gasteiger partial charge in [0, 0.05) is 17.5 Å². The highest BCUT2D eigenvalue weighted by atomic mass is 79.9. The van der Waals surface area contributed by atoms with Crippen molar-refractivity contribution in [2.24, 2.45) is 0 Å². The van der Waals surface area contributed by atoms with Crippen LogP contribution in [0.3, 0.4) is 0 Å². The van der Waals surface area contributed by atoms with E-state index in [9.17, 15) is 4.39 Å². The van der Waals surface area contributed by atoms with Crippen LogP contribution in [-0.2, 0) is 0 Å². The normalized spacial score (nSPS) is 13.4. The van der Waals surface area contributed by atoms with E-state index >= 15 is 0 Å². The second-order valence-electron chi connectivity index (χ2n) is 1.85. The maximum atomic E-state index is 12.6. The Kier molecular flexibility index (Phi) is 6.07.